The molecule has 1 amide bonds. The molecule has 1 aromatic heterocycles. The number of carbonyl (C=O) groups excluding carboxylic acids is 1. The predicted octanol–water partition coefficient (Wildman–Crippen LogP) is 2.26. The molecule has 3 aliphatic heterocycles. The van der Waals surface area contributed by atoms with Crippen LogP contribution < -0.4 is 0 Å². The Hall–Kier alpha value is -2.18. The van der Waals surface area contributed by atoms with Crippen LogP contribution in [0.25, 0.3) is 11.1 Å². The van der Waals surface area contributed by atoms with Crippen LogP contribution in [0.1, 0.15) is 23.2 Å². The van der Waals surface area contributed by atoms with Gasteiger partial charge in [-0.3, -0.25) is 9.89 Å². The summed E-state index contributed by atoms with van der Waals surface area (Å²) < 4.78 is 6.46. The van der Waals surface area contributed by atoms with Gasteiger partial charge in [-0.15, -0.1) is 0 Å². The van der Waals surface area contributed by atoms with Crippen LogP contribution in [0.2, 0.25) is 0 Å². The van der Waals surface area contributed by atoms with E-state index < -0.39 is 0 Å². The summed E-state index contributed by atoms with van der Waals surface area (Å²) in [5, 5.41) is 6.84. The first-order chi connectivity index (χ1) is 13.1. The minimum absolute atomic E-state index is 0.108. The molecule has 6 heteroatoms. The van der Waals surface area contributed by atoms with Gasteiger partial charge in [-0.1, -0.05) is 12.1 Å². The van der Waals surface area contributed by atoms with Crippen molar-refractivity contribution in [1.82, 2.24) is 20.0 Å². The van der Waals surface area contributed by atoms with Crippen LogP contribution in [-0.4, -0.2) is 71.3 Å². The fourth-order valence-electron chi connectivity index (χ4n) is 5.43. The van der Waals surface area contributed by atoms with Gasteiger partial charge in [0.05, 0.1) is 24.4 Å². The Kier molecular flexibility index (Phi) is 3.88. The summed E-state index contributed by atoms with van der Waals surface area (Å²) in [4.78, 5) is 17.5. The maximum absolute atomic E-state index is 13.2. The number of hydrogen-bond donors (Lipinski definition) is 1. The van der Waals surface area contributed by atoms with Crippen molar-refractivity contribution < 1.29 is 9.53 Å². The van der Waals surface area contributed by atoms with Crippen LogP contribution in [0.4, 0.5) is 0 Å². The molecule has 2 aromatic rings. The Morgan fingerprint density at radius 1 is 1.41 bits per heavy atom. The Morgan fingerprint density at radius 2 is 2.30 bits per heavy atom. The van der Waals surface area contributed by atoms with Gasteiger partial charge in [0.15, 0.2) is 0 Å². The fourth-order valence-corrected chi connectivity index (χ4v) is 5.43. The molecule has 1 aromatic carbocycles. The summed E-state index contributed by atoms with van der Waals surface area (Å²) in [7, 11) is 4.25. The van der Waals surface area contributed by atoms with Gasteiger partial charge in [-0.05, 0) is 44.6 Å². The topological polar surface area (TPSA) is 61.5 Å². The second kappa shape index (κ2) is 6.17. The number of amides is 1. The molecule has 0 radical (unpaired) electrons. The van der Waals surface area contributed by atoms with E-state index in [1.54, 1.807) is 6.20 Å². The zero-order valence-electron chi connectivity index (χ0n) is 15.9. The van der Waals surface area contributed by atoms with Crippen molar-refractivity contribution in [3.05, 3.63) is 42.2 Å². The molecule has 6 nitrogen and oxygen atoms in total. The van der Waals surface area contributed by atoms with Gasteiger partial charge in [0.2, 0.25) is 0 Å². The number of hydrogen-bond acceptors (Lipinski definition) is 4. The van der Waals surface area contributed by atoms with Crippen molar-refractivity contribution in [3.63, 3.8) is 0 Å². The van der Waals surface area contributed by atoms with E-state index in [0.717, 1.165) is 49.2 Å². The van der Waals surface area contributed by atoms with Crippen molar-refractivity contribution in [2.45, 2.75) is 24.5 Å². The number of nitrogens with zero attached hydrogens (tertiary/aromatic N) is 3. The molecule has 2 bridgehead atoms. The van der Waals surface area contributed by atoms with Gasteiger partial charge < -0.3 is 14.5 Å². The van der Waals surface area contributed by atoms with E-state index in [1.807, 2.05) is 35.4 Å². The number of benzene rings is 1. The van der Waals surface area contributed by atoms with Crippen molar-refractivity contribution in [2.24, 2.45) is 11.8 Å². The number of nitrogens with one attached hydrogen (secondary N) is 1. The summed E-state index contributed by atoms with van der Waals surface area (Å²) in [6.45, 7) is 2.58. The average molecular weight is 366 g/mol. The summed E-state index contributed by atoms with van der Waals surface area (Å²) in [6.07, 6.45) is 6.22. The number of aromatic nitrogens is 2. The first kappa shape index (κ1) is 17.0. The third-order valence-electron chi connectivity index (χ3n) is 6.59. The molecule has 1 N–H and O–H groups in total. The number of H-pyrrole nitrogens is 1. The van der Waals surface area contributed by atoms with Crippen molar-refractivity contribution >= 4 is 5.91 Å². The minimum Gasteiger partial charge on any atom is -0.369 e. The lowest BCUT2D eigenvalue weighted by atomic mass is 9.73. The van der Waals surface area contributed by atoms with E-state index >= 15 is 0 Å². The third kappa shape index (κ3) is 2.70. The van der Waals surface area contributed by atoms with Gasteiger partial charge in [0, 0.05) is 42.2 Å². The SMILES string of the molecule is CN(C)C[C@H]1[C@@H]2CC[C@@]3(CN(C(=O)c4cccc(-c5cn[nH]c5)c4)C[C@@H]13)O2. The molecular weight excluding hydrogens is 340 g/mol. The van der Waals surface area contributed by atoms with E-state index in [0.29, 0.717) is 17.9 Å². The van der Waals surface area contributed by atoms with Crippen LogP contribution in [0.15, 0.2) is 36.7 Å². The summed E-state index contributed by atoms with van der Waals surface area (Å²) in [6, 6.07) is 7.83. The van der Waals surface area contributed by atoms with Crippen LogP contribution in [0.5, 0.6) is 0 Å². The van der Waals surface area contributed by atoms with E-state index in [1.165, 1.54) is 0 Å². The maximum atomic E-state index is 13.2. The van der Waals surface area contributed by atoms with E-state index in [4.69, 9.17) is 4.74 Å². The predicted molar refractivity (Wildman–Crippen MR) is 102 cm³/mol. The van der Waals surface area contributed by atoms with Gasteiger partial charge in [-0.25, -0.2) is 0 Å². The summed E-state index contributed by atoms with van der Waals surface area (Å²) in [5.74, 6) is 1.10. The summed E-state index contributed by atoms with van der Waals surface area (Å²) in [5.41, 5.74) is 2.64. The summed E-state index contributed by atoms with van der Waals surface area (Å²) >= 11 is 0. The molecular formula is C21H26N4O2. The quantitative estimate of drug-likeness (QED) is 0.902. The number of rotatable bonds is 4. The lowest BCUT2D eigenvalue weighted by molar-refractivity contribution is 0.00256. The van der Waals surface area contributed by atoms with Crippen molar-refractivity contribution in [1.29, 1.82) is 0 Å². The smallest absolute Gasteiger partial charge is 0.253 e. The molecule has 0 aliphatic carbocycles. The number of fused-ring (bicyclic) bond motifs is 1. The molecule has 0 saturated carbocycles. The lowest BCUT2D eigenvalue weighted by Crippen LogP contribution is -2.40. The fraction of sp³-hybridized carbons (Fsp3) is 0.524. The normalized spacial score (nSPS) is 31.7. The number of likely N-dealkylation sites (tertiary alicyclic amines) is 1. The molecule has 27 heavy (non-hydrogen) atoms. The van der Waals surface area contributed by atoms with Crippen LogP contribution >= 0.6 is 0 Å². The number of carbonyl (C=O) groups is 1. The second-order valence-corrected chi connectivity index (χ2v) is 8.55. The molecule has 4 heterocycles. The second-order valence-electron chi connectivity index (χ2n) is 8.55. The Morgan fingerprint density at radius 3 is 3.07 bits per heavy atom. The first-order valence-corrected chi connectivity index (χ1v) is 9.77. The van der Waals surface area contributed by atoms with Crippen molar-refractivity contribution in [3.8, 4) is 11.1 Å². The zero-order chi connectivity index (χ0) is 18.6. The molecule has 3 aliphatic rings. The molecule has 4 atom stereocenters. The molecule has 1 spiro atoms. The highest BCUT2D eigenvalue weighted by Crippen LogP contribution is 2.55. The molecule has 3 saturated heterocycles. The van der Waals surface area contributed by atoms with Gasteiger partial charge in [0.25, 0.3) is 5.91 Å². The van der Waals surface area contributed by atoms with Gasteiger partial charge >= 0.3 is 0 Å². The van der Waals surface area contributed by atoms with E-state index in [-0.39, 0.29) is 11.5 Å². The van der Waals surface area contributed by atoms with Gasteiger partial charge in [-0.2, -0.15) is 5.10 Å². The highest BCUT2D eigenvalue weighted by Gasteiger charge is 2.63. The minimum atomic E-state index is -0.108. The molecule has 3 fully saturated rings. The standard InChI is InChI=1S/C21H26N4O2/c1-24(2)11-17-18-12-25(13-21(18)7-6-19(17)27-21)20(26)15-5-3-4-14(8-15)16-9-22-23-10-16/h3-5,8-10,17-19H,6-7,11-13H2,1-2H3,(H,22,23)/t17-,18+,19+,21+/m1/s1. The van der Waals surface area contributed by atoms with Gasteiger partial charge in [0.1, 0.15) is 0 Å². The van der Waals surface area contributed by atoms with Crippen LogP contribution in [-0.2, 0) is 4.74 Å². The molecule has 142 valence electrons. The highest BCUT2D eigenvalue weighted by molar-refractivity contribution is 5.95. The maximum Gasteiger partial charge on any atom is 0.253 e. The lowest BCUT2D eigenvalue weighted by Gasteiger charge is -2.30. The Balaban J connectivity index is 1.38. The number of aromatic amines is 1. The van der Waals surface area contributed by atoms with E-state index in [2.05, 4.69) is 29.2 Å². The van der Waals surface area contributed by atoms with E-state index in [9.17, 15) is 4.79 Å². The largest absolute Gasteiger partial charge is 0.369 e. The monoisotopic (exact) mass is 366 g/mol. The Bertz CT molecular complexity index is 850. The zero-order valence-corrected chi connectivity index (χ0v) is 15.9. The first-order valence-electron chi connectivity index (χ1n) is 9.77. The average Bonchev–Trinajstić information content (AvgIpc) is 3.43. The van der Waals surface area contributed by atoms with Crippen LogP contribution in [0.3, 0.4) is 0 Å². The van der Waals surface area contributed by atoms with Crippen LogP contribution in [0, 0.1) is 11.8 Å². The number of ether oxygens (including phenoxy) is 1. The Labute approximate surface area is 159 Å². The molecule has 5 rings (SSSR count). The third-order valence-corrected chi connectivity index (χ3v) is 6.59. The molecule has 0 unspecified atom stereocenters. The highest BCUT2D eigenvalue weighted by atomic mass is 16.5. The van der Waals surface area contributed by atoms with Crippen molar-refractivity contribution in [2.75, 3.05) is 33.7 Å².